The molecular formula is C16H16N2OS. The van der Waals surface area contributed by atoms with Gasteiger partial charge in [0.2, 0.25) is 0 Å². The SMILES string of the molecule is COc1cnc2ccccc2c1-c1nc(C(C)C)cs1. The van der Waals surface area contributed by atoms with Crippen LogP contribution in [-0.2, 0) is 0 Å². The van der Waals surface area contributed by atoms with Crippen LogP contribution < -0.4 is 4.74 Å². The second-order valence-electron chi connectivity index (χ2n) is 4.95. The first kappa shape index (κ1) is 13.1. The van der Waals surface area contributed by atoms with E-state index in [9.17, 15) is 0 Å². The van der Waals surface area contributed by atoms with E-state index in [2.05, 4.69) is 30.3 Å². The van der Waals surface area contributed by atoms with Gasteiger partial charge in [0.15, 0.2) is 0 Å². The number of aromatic nitrogens is 2. The molecule has 0 saturated heterocycles. The van der Waals surface area contributed by atoms with Crippen molar-refractivity contribution in [2.24, 2.45) is 0 Å². The molecule has 0 aliphatic rings. The summed E-state index contributed by atoms with van der Waals surface area (Å²) >= 11 is 1.66. The van der Waals surface area contributed by atoms with Crippen molar-refractivity contribution >= 4 is 22.2 Å². The number of thiazole rings is 1. The van der Waals surface area contributed by atoms with Crippen molar-refractivity contribution in [3.05, 3.63) is 41.5 Å². The number of methoxy groups -OCH3 is 1. The van der Waals surface area contributed by atoms with Gasteiger partial charge in [-0.05, 0) is 12.0 Å². The van der Waals surface area contributed by atoms with Crippen molar-refractivity contribution in [3.63, 3.8) is 0 Å². The van der Waals surface area contributed by atoms with Gasteiger partial charge < -0.3 is 4.74 Å². The molecular weight excluding hydrogens is 268 g/mol. The van der Waals surface area contributed by atoms with E-state index in [0.29, 0.717) is 5.92 Å². The van der Waals surface area contributed by atoms with Crippen LogP contribution >= 0.6 is 11.3 Å². The maximum Gasteiger partial charge on any atom is 0.148 e. The van der Waals surface area contributed by atoms with Gasteiger partial charge >= 0.3 is 0 Å². The van der Waals surface area contributed by atoms with Gasteiger partial charge in [0.25, 0.3) is 0 Å². The van der Waals surface area contributed by atoms with Crippen molar-refractivity contribution in [1.82, 2.24) is 9.97 Å². The molecule has 4 heteroatoms. The van der Waals surface area contributed by atoms with E-state index in [0.717, 1.165) is 32.9 Å². The molecule has 0 spiro atoms. The number of para-hydroxylation sites is 1. The summed E-state index contributed by atoms with van der Waals surface area (Å²) in [4.78, 5) is 9.18. The minimum atomic E-state index is 0.430. The molecule has 0 aliphatic heterocycles. The van der Waals surface area contributed by atoms with Gasteiger partial charge in [-0.15, -0.1) is 11.3 Å². The monoisotopic (exact) mass is 284 g/mol. The molecule has 1 aromatic carbocycles. The zero-order chi connectivity index (χ0) is 14.1. The molecule has 0 unspecified atom stereocenters. The minimum Gasteiger partial charge on any atom is -0.494 e. The van der Waals surface area contributed by atoms with Gasteiger partial charge in [0.1, 0.15) is 10.8 Å². The highest BCUT2D eigenvalue weighted by molar-refractivity contribution is 7.13. The van der Waals surface area contributed by atoms with Crippen LogP contribution in [0.4, 0.5) is 0 Å². The fraction of sp³-hybridized carbons (Fsp3) is 0.250. The summed E-state index contributed by atoms with van der Waals surface area (Å²) in [5.41, 5.74) is 3.12. The second kappa shape index (κ2) is 5.21. The van der Waals surface area contributed by atoms with Crippen LogP contribution in [0.1, 0.15) is 25.5 Å². The maximum atomic E-state index is 5.48. The smallest absolute Gasteiger partial charge is 0.148 e. The Morgan fingerprint density at radius 2 is 2.00 bits per heavy atom. The summed E-state index contributed by atoms with van der Waals surface area (Å²) in [5.74, 6) is 1.20. The van der Waals surface area contributed by atoms with Crippen molar-refractivity contribution in [2.45, 2.75) is 19.8 Å². The van der Waals surface area contributed by atoms with Gasteiger partial charge in [0, 0.05) is 10.8 Å². The number of fused-ring (bicyclic) bond motifs is 1. The molecule has 102 valence electrons. The second-order valence-corrected chi connectivity index (χ2v) is 5.81. The van der Waals surface area contributed by atoms with E-state index in [4.69, 9.17) is 9.72 Å². The molecule has 0 saturated carbocycles. The maximum absolute atomic E-state index is 5.48. The van der Waals surface area contributed by atoms with E-state index in [1.54, 1.807) is 24.6 Å². The van der Waals surface area contributed by atoms with Crippen LogP contribution in [-0.4, -0.2) is 17.1 Å². The molecule has 2 aromatic heterocycles. The van der Waals surface area contributed by atoms with Gasteiger partial charge in [-0.3, -0.25) is 4.98 Å². The number of nitrogens with zero attached hydrogens (tertiary/aromatic N) is 2. The fourth-order valence-corrected chi connectivity index (χ4v) is 3.21. The molecule has 2 heterocycles. The van der Waals surface area contributed by atoms with E-state index >= 15 is 0 Å². The van der Waals surface area contributed by atoms with Crippen molar-refractivity contribution in [1.29, 1.82) is 0 Å². The number of rotatable bonds is 3. The molecule has 0 fully saturated rings. The predicted octanol–water partition coefficient (Wildman–Crippen LogP) is 4.49. The average Bonchev–Trinajstić information content (AvgIpc) is 2.95. The Morgan fingerprint density at radius 3 is 2.70 bits per heavy atom. The lowest BCUT2D eigenvalue weighted by atomic mass is 10.1. The van der Waals surface area contributed by atoms with E-state index in [1.807, 2.05) is 18.2 Å². The summed E-state index contributed by atoms with van der Waals surface area (Å²) in [6.07, 6.45) is 1.77. The van der Waals surface area contributed by atoms with E-state index in [1.165, 1.54) is 0 Å². The first-order valence-electron chi connectivity index (χ1n) is 6.58. The fourth-order valence-electron chi connectivity index (χ4n) is 2.16. The third-order valence-corrected chi connectivity index (χ3v) is 4.17. The van der Waals surface area contributed by atoms with Crippen LogP contribution in [0.2, 0.25) is 0 Å². The van der Waals surface area contributed by atoms with Crippen LogP contribution in [0.25, 0.3) is 21.5 Å². The number of hydrogen-bond acceptors (Lipinski definition) is 4. The third-order valence-electron chi connectivity index (χ3n) is 3.29. The summed E-state index contributed by atoms with van der Waals surface area (Å²) in [5, 5.41) is 4.19. The Morgan fingerprint density at radius 1 is 1.20 bits per heavy atom. The number of benzene rings is 1. The van der Waals surface area contributed by atoms with Crippen molar-refractivity contribution in [3.8, 4) is 16.3 Å². The number of pyridine rings is 1. The Balaban J connectivity index is 2.26. The lowest BCUT2D eigenvalue weighted by Gasteiger charge is -2.09. The highest BCUT2D eigenvalue weighted by Gasteiger charge is 2.15. The number of hydrogen-bond donors (Lipinski definition) is 0. The van der Waals surface area contributed by atoms with Crippen molar-refractivity contribution < 1.29 is 4.74 Å². The highest BCUT2D eigenvalue weighted by atomic mass is 32.1. The predicted molar refractivity (Wildman–Crippen MR) is 83.5 cm³/mol. The Labute approximate surface area is 122 Å². The number of ether oxygens (including phenoxy) is 1. The van der Waals surface area contributed by atoms with Crippen LogP contribution in [0.15, 0.2) is 35.8 Å². The molecule has 3 nitrogen and oxygen atoms in total. The Bertz CT molecular complexity index is 749. The average molecular weight is 284 g/mol. The highest BCUT2D eigenvalue weighted by Crippen LogP contribution is 2.38. The minimum absolute atomic E-state index is 0.430. The molecule has 20 heavy (non-hydrogen) atoms. The summed E-state index contributed by atoms with van der Waals surface area (Å²) in [6, 6.07) is 8.09. The van der Waals surface area contributed by atoms with Gasteiger partial charge in [-0.25, -0.2) is 4.98 Å². The molecule has 3 rings (SSSR count). The summed E-state index contributed by atoms with van der Waals surface area (Å²) < 4.78 is 5.48. The Hall–Kier alpha value is -1.94. The standard InChI is InChI=1S/C16H16N2OS/c1-10(2)13-9-20-16(18-13)15-11-6-4-5-7-12(11)17-8-14(15)19-3/h4-10H,1-3H3. The lowest BCUT2D eigenvalue weighted by molar-refractivity contribution is 0.415. The zero-order valence-corrected chi connectivity index (χ0v) is 12.6. The van der Waals surface area contributed by atoms with E-state index < -0.39 is 0 Å². The zero-order valence-electron chi connectivity index (χ0n) is 11.8. The molecule has 0 radical (unpaired) electrons. The first-order valence-corrected chi connectivity index (χ1v) is 7.46. The van der Waals surface area contributed by atoms with Crippen molar-refractivity contribution in [2.75, 3.05) is 7.11 Å². The Kier molecular flexibility index (Phi) is 3.40. The van der Waals surface area contributed by atoms with Gasteiger partial charge in [-0.2, -0.15) is 0 Å². The summed E-state index contributed by atoms with van der Waals surface area (Å²) in [7, 11) is 1.67. The third kappa shape index (κ3) is 2.16. The molecule has 3 aromatic rings. The van der Waals surface area contributed by atoms with E-state index in [-0.39, 0.29) is 0 Å². The summed E-state index contributed by atoms with van der Waals surface area (Å²) in [6.45, 7) is 4.31. The van der Waals surface area contributed by atoms with Gasteiger partial charge in [0.05, 0.1) is 30.1 Å². The van der Waals surface area contributed by atoms with Gasteiger partial charge in [-0.1, -0.05) is 32.0 Å². The molecule has 0 aliphatic carbocycles. The molecule has 0 bridgehead atoms. The lowest BCUT2D eigenvalue weighted by Crippen LogP contribution is -1.92. The topological polar surface area (TPSA) is 35.0 Å². The molecule has 0 atom stereocenters. The normalized spacial score (nSPS) is 11.2. The largest absolute Gasteiger partial charge is 0.494 e. The quantitative estimate of drug-likeness (QED) is 0.710. The molecule has 0 amide bonds. The van der Waals surface area contributed by atoms with Crippen LogP contribution in [0, 0.1) is 0 Å². The molecule has 0 N–H and O–H groups in total. The first-order chi connectivity index (χ1) is 9.70. The van der Waals surface area contributed by atoms with Crippen LogP contribution in [0.5, 0.6) is 5.75 Å². The van der Waals surface area contributed by atoms with Crippen LogP contribution in [0.3, 0.4) is 0 Å².